The Morgan fingerprint density at radius 3 is 2.00 bits per heavy atom. The molecule has 5 rings (SSSR count). The highest BCUT2D eigenvalue weighted by Gasteiger charge is 2.57. The standard InChI is InChI=1S/C16H20O2/c17-15-4-2-1-3-14(15)16(18)12-6-10-5-11(8-12)9-13(16)7-10/h1-4,10-13,17-18H,5-9H2. The lowest BCUT2D eigenvalue weighted by Crippen LogP contribution is -2.55. The molecule has 1 aromatic carbocycles. The molecule has 0 heterocycles. The second-order valence-corrected chi connectivity index (χ2v) is 6.65. The number of phenolic OH excluding ortho intramolecular Hbond substituents is 1. The average molecular weight is 244 g/mol. The first-order valence-corrected chi connectivity index (χ1v) is 7.18. The van der Waals surface area contributed by atoms with Crippen LogP contribution < -0.4 is 0 Å². The molecule has 4 aliphatic carbocycles. The highest BCUT2D eigenvalue weighted by Crippen LogP contribution is 2.62. The van der Waals surface area contributed by atoms with Gasteiger partial charge in [0.25, 0.3) is 0 Å². The molecule has 0 amide bonds. The number of aromatic hydroxyl groups is 1. The smallest absolute Gasteiger partial charge is 0.121 e. The highest BCUT2D eigenvalue weighted by atomic mass is 16.3. The largest absolute Gasteiger partial charge is 0.508 e. The van der Waals surface area contributed by atoms with Crippen molar-refractivity contribution in [3.63, 3.8) is 0 Å². The van der Waals surface area contributed by atoms with Crippen molar-refractivity contribution in [2.45, 2.75) is 37.7 Å². The van der Waals surface area contributed by atoms with Crippen LogP contribution in [0, 0.1) is 23.7 Å². The van der Waals surface area contributed by atoms with E-state index in [9.17, 15) is 10.2 Å². The Morgan fingerprint density at radius 1 is 0.889 bits per heavy atom. The molecule has 0 spiro atoms. The molecule has 18 heavy (non-hydrogen) atoms. The van der Waals surface area contributed by atoms with Crippen molar-refractivity contribution in [2.24, 2.45) is 23.7 Å². The lowest BCUT2D eigenvalue weighted by molar-refractivity contribution is -0.180. The third kappa shape index (κ3) is 1.27. The van der Waals surface area contributed by atoms with Gasteiger partial charge in [-0.15, -0.1) is 0 Å². The Hall–Kier alpha value is -1.02. The SMILES string of the molecule is Oc1ccccc1C1(O)C2CC3CC(C2)CC1C3. The third-order valence-corrected chi connectivity index (χ3v) is 5.72. The summed E-state index contributed by atoms with van der Waals surface area (Å²) in [6.45, 7) is 0. The molecule has 2 heteroatoms. The molecular weight excluding hydrogens is 224 g/mol. The summed E-state index contributed by atoms with van der Waals surface area (Å²) >= 11 is 0. The fraction of sp³-hybridized carbons (Fsp3) is 0.625. The van der Waals surface area contributed by atoms with Crippen molar-refractivity contribution in [1.82, 2.24) is 0 Å². The Balaban J connectivity index is 1.81. The Labute approximate surface area is 108 Å². The first kappa shape index (κ1) is 10.9. The van der Waals surface area contributed by atoms with Gasteiger partial charge in [0.2, 0.25) is 0 Å². The fourth-order valence-electron chi connectivity index (χ4n) is 5.15. The lowest BCUT2D eigenvalue weighted by Gasteiger charge is -2.59. The molecule has 4 fully saturated rings. The van der Waals surface area contributed by atoms with Crippen molar-refractivity contribution in [2.75, 3.05) is 0 Å². The van der Waals surface area contributed by atoms with Gasteiger partial charge in [-0.3, -0.25) is 0 Å². The van der Waals surface area contributed by atoms with E-state index in [4.69, 9.17) is 0 Å². The molecule has 1 aromatic rings. The minimum absolute atomic E-state index is 0.271. The predicted octanol–water partition coefficient (Wildman–Crippen LogP) is 3.04. The van der Waals surface area contributed by atoms with Crippen molar-refractivity contribution in [3.05, 3.63) is 29.8 Å². The fourth-order valence-corrected chi connectivity index (χ4v) is 5.15. The number of aliphatic hydroxyl groups is 1. The van der Waals surface area contributed by atoms with Crippen LogP contribution in [0.4, 0.5) is 0 Å². The summed E-state index contributed by atoms with van der Waals surface area (Å²) in [6.07, 6.45) is 5.98. The number of hydrogen-bond donors (Lipinski definition) is 2. The van der Waals surface area contributed by atoms with Crippen LogP contribution >= 0.6 is 0 Å². The molecule has 0 unspecified atom stereocenters. The van der Waals surface area contributed by atoms with Gasteiger partial charge < -0.3 is 10.2 Å². The zero-order valence-corrected chi connectivity index (χ0v) is 10.5. The van der Waals surface area contributed by atoms with E-state index < -0.39 is 5.60 Å². The number of benzene rings is 1. The molecule has 0 atom stereocenters. The van der Waals surface area contributed by atoms with Crippen LogP contribution in [0.3, 0.4) is 0 Å². The van der Waals surface area contributed by atoms with Crippen LogP contribution in [0.15, 0.2) is 24.3 Å². The van der Waals surface area contributed by atoms with Gasteiger partial charge in [-0.05, 0) is 61.8 Å². The maximum Gasteiger partial charge on any atom is 0.121 e. The molecule has 0 radical (unpaired) electrons. The summed E-state index contributed by atoms with van der Waals surface area (Å²) in [5, 5.41) is 21.4. The lowest BCUT2D eigenvalue weighted by atomic mass is 9.48. The molecule has 0 aromatic heterocycles. The van der Waals surface area contributed by atoms with Gasteiger partial charge in [0, 0.05) is 5.56 Å². The van der Waals surface area contributed by atoms with Gasteiger partial charge in [-0.25, -0.2) is 0 Å². The summed E-state index contributed by atoms with van der Waals surface area (Å²) in [6, 6.07) is 7.38. The van der Waals surface area contributed by atoms with Crippen LogP contribution in [0.5, 0.6) is 5.75 Å². The van der Waals surface area contributed by atoms with Gasteiger partial charge in [0.05, 0.1) is 5.60 Å². The van der Waals surface area contributed by atoms with E-state index in [-0.39, 0.29) is 5.75 Å². The molecule has 4 saturated carbocycles. The van der Waals surface area contributed by atoms with Gasteiger partial charge >= 0.3 is 0 Å². The van der Waals surface area contributed by atoms with Crippen LogP contribution in [0.1, 0.15) is 37.7 Å². The van der Waals surface area contributed by atoms with Crippen LogP contribution in [-0.4, -0.2) is 10.2 Å². The summed E-state index contributed by atoms with van der Waals surface area (Å²) in [5.74, 6) is 2.66. The summed E-state index contributed by atoms with van der Waals surface area (Å²) in [4.78, 5) is 0. The number of hydrogen-bond acceptors (Lipinski definition) is 2. The third-order valence-electron chi connectivity index (χ3n) is 5.72. The minimum Gasteiger partial charge on any atom is -0.508 e. The quantitative estimate of drug-likeness (QED) is 0.797. The first-order chi connectivity index (χ1) is 8.68. The summed E-state index contributed by atoms with van der Waals surface area (Å²) in [5.41, 5.74) is 0.0116. The second-order valence-electron chi connectivity index (χ2n) is 6.65. The Bertz CT molecular complexity index is 452. The van der Waals surface area contributed by atoms with Crippen molar-refractivity contribution in [1.29, 1.82) is 0 Å². The van der Waals surface area contributed by atoms with Crippen LogP contribution in [0.25, 0.3) is 0 Å². The van der Waals surface area contributed by atoms with Gasteiger partial charge in [0.1, 0.15) is 5.75 Å². The zero-order chi connectivity index (χ0) is 12.3. The average Bonchev–Trinajstić information content (AvgIpc) is 2.35. The van der Waals surface area contributed by atoms with E-state index in [1.54, 1.807) is 6.07 Å². The molecule has 0 saturated heterocycles. The van der Waals surface area contributed by atoms with E-state index in [0.29, 0.717) is 11.8 Å². The molecular formula is C16H20O2. The van der Waals surface area contributed by atoms with Crippen LogP contribution in [-0.2, 0) is 5.60 Å². The van der Waals surface area contributed by atoms with Crippen LogP contribution in [0.2, 0.25) is 0 Å². The maximum atomic E-state index is 11.3. The highest BCUT2D eigenvalue weighted by molar-refractivity contribution is 5.39. The van der Waals surface area contributed by atoms with E-state index in [1.165, 1.54) is 6.42 Å². The maximum absolute atomic E-state index is 11.3. The number of rotatable bonds is 1. The molecule has 4 aliphatic rings. The normalized spacial score (nSPS) is 45.4. The van der Waals surface area contributed by atoms with Crippen molar-refractivity contribution < 1.29 is 10.2 Å². The van der Waals surface area contributed by atoms with Crippen molar-refractivity contribution >= 4 is 0 Å². The number of para-hydroxylation sites is 1. The Kier molecular flexibility index (Phi) is 2.12. The number of phenols is 1. The molecule has 2 N–H and O–H groups in total. The van der Waals surface area contributed by atoms with Gasteiger partial charge in [0.15, 0.2) is 0 Å². The molecule has 4 bridgehead atoms. The molecule has 0 aliphatic heterocycles. The van der Waals surface area contributed by atoms with Gasteiger partial charge in [-0.2, -0.15) is 0 Å². The second kappa shape index (κ2) is 3.51. The molecule has 2 nitrogen and oxygen atoms in total. The molecule has 96 valence electrons. The topological polar surface area (TPSA) is 40.5 Å². The monoisotopic (exact) mass is 244 g/mol. The van der Waals surface area contributed by atoms with Gasteiger partial charge in [-0.1, -0.05) is 18.2 Å². The van der Waals surface area contributed by atoms with E-state index in [1.807, 2.05) is 18.2 Å². The van der Waals surface area contributed by atoms with E-state index >= 15 is 0 Å². The summed E-state index contributed by atoms with van der Waals surface area (Å²) in [7, 11) is 0. The Morgan fingerprint density at radius 2 is 1.44 bits per heavy atom. The predicted molar refractivity (Wildman–Crippen MR) is 69.0 cm³/mol. The van der Waals surface area contributed by atoms with Crippen molar-refractivity contribution in [3.8, 4) is 5.75 Å². The zero-order valence-electron chi connectivity index (χ0n) is 10.5. The first-order valence-electron chi connectivity index (χ1n) is 7.18. The van der Waals surface area contributed by atoms with E-state index in [0.717, 1.165) is 43.1 Å². The van der Waals surface area contributed by atoms with E-state index in [2.05, 4.69) is 0 Å². The minimum atomic E-state index is -0.765. The summed E-state index contributed by atoms with van der Waals surface area (Å²) < 4.78 is 0.